The van der Waals surface area contributed by atoms with Crippen molar-refractivity contribution in [3.8, 4) is 0 Å². The molecule has 0 amide bonds. The molecule has 0 aromatic carbocycles. The van der Waals surface area contributed by atoms with E-state index in [0.717, 1.165) is 37.7 Å². The number of carbonyl (C=O) groups excluding carboxylic acids is 1. The smallest absolute Gasteiger partial charge is 0.339 e. The van der Waals surface area contributed by atoms with E-state index in [1.807, 2.05) is 18.2 Å². The van der Waals surface area contributed by atoms with E-state index in [4.69, 9.17) is 5.73 Å². The van der Waals surface area contributed by atoms with Gasteiger partial charge < -0.3 is 20.3 Å². The molecule has 7 nitrogen and oxygen atoms in total. The largest absolute Gasteiger partial charge is 0.465 e. The van der Waals surface area contributed by atoms with Crippen LogP contribution in [0.25, 0.3) is 0 Å². The number of nitrogens with zero attached hydrogens (tertiary/aromatic N) is 4. The number of nitrogens with two attached hydrogens (primary N) is 1. The summed E-state index contributed by atoms with van der Waals surface area (Å²) in [6.45, 7) is 3.47. The van der Waals surface area contributed by atoms with Gasteiger partial charge in [0.2, 0.25) is 0 Å². The molecule has 2 aromatic heterocycles. The first-order valence-electron chi connectivity index (χ1n) is 7.43. The number of piperazine rings is 1. The molecule has 0 saturated carbocycles. The van der Waals surface area contributed by atoms with E-state index < -0.39 is 0 Å². The standard InChI is InChI=1S/C16H19N5O2/c1-23-16(22)12-2-5-15(19-10-12)21-8-6-20(7-9-21)13-3-4-14(17)18-11-13/h2-5,10-11H,6-9H2,1H3,(H2,17,18). The summed E-state index contributed by atoms with van der Waals surface area (Å²) in [5.41, 5.74) is 7.16. The molecule has 1 aliphatic heterocycles. The number of aromatic nitrogens is 2. The number of ether oxygens (including phenoxy) is 1. The van der Waals surface area contributed by atoms with E-state index >= 15 is 0 Å². The van der Waals surface area contributed by atoms with E-state index in [2.05, 4.69) is 24.5 Å². The first-order valence-corrected chi connectivity index (χ1v) is 7.43. The highest BCUT2D eigenvalue weighted by Crippen LogP contribution is 2.19. The molecule has 0 atom stereocenters. The number of nitrogen functional groups attached to an aromatic ring is 1. The van der Waals surface area contributed by atoms with Gasteiger partial charge in [0.05, 0.1) is 24.6 Å². The number of esters is 1. The first kappa shape index (κ1) is 15.1. The van der Waals surface area contributed by atoms with E-state index in [9.17, 15) is 4.79 Å². The zero-order valence-corrected chi connectivity index (χ0v) is 13.0. The van der Waals surface area contributed by atoms with E-state index in [1.54, 1.807) is 18.5 Å². The highest BCUT2D eigenvalue weighted by Gasteiger charge is 2.19. The minimum absolute atomic E-state index is 0.371. The Hall–Kier alpha value is -2.83. The van der Waals surface area contributed by atoms with Gasteiger partial charge in [-0.3, -0.25) is 0 Å². The Bertz CT molecular complexity index is 664. The fourth-order valence-electron chi connectivity index (χ4n) is 2.59. The summed E-state index contributed by atoms with van der Waals surface area (Å²) in [6, 6.07) is 7.40. The molecule has 2 N–H and O–H groups in total. The summed E-state index contributed by atoms with van der Waals surface area (Å²) >= 11 is 0. The number of methoxy groups -OCH3 is 1. The van der Waals surface area contributed by atoms with Crippen molar-refractivity contribution < 1.29 is 9.53 Å². The van der Waals surface area contributed by atoms with E-state index in [0.29, 0.717) is 11.4 Å². The normalized spacial score (nSPS) is 14.7. The van der Waals surface area contributed by atoms with Crippen LogP contribution >= 0.6 is 0 Å². The second-order valence-electron chi connectivity index (χ2n) is 5.31. The van der Waals surface area contributed by atoms with Crippen molar-refractivity contribution in [2.45, 2.75) is 0 Å². The third kappa shape index (κ3) is 3.33. The van der Waals surface area contributed by atoms with Gasteiger partial charge in [0.1, 0.15) is 11.6 Å². The van der Waals surface area contributed by atoms with Gasteiger partial charge in [-0.2, -0.15) is 0 Å². The maximum absolute atomic E-state index is 11.4. The lowest BCUT2D eigenvalue weighted by molar-refractivity contribution is 0.0600. The van der Waals surface area contributed by atoms with Gasteiger partial charge in [-0.05, 0) is 24.3 Å². The van der Waals surface area contributed by atoms with Crippen molar-refractivity contribution in [2.75, 3.05) is 48.8 Å². The Labute approximate surface area is 134 Å². The minimum Gasteiger partial charge on any atom is -0.465 e. The van der Waals surface area contributed by atoms with Crippen LogP contribution in [0, 0.1) is 0 Å². The van der Waals surface area contributed by atoms with Crippen LogP contribution in [0.3, 0.4) is 0 Å². The average molecular weight is 313 g/mol. The Morgan fingerprint density at radius 1 is 1.04 bits per heavy atom. The zero-order valence-electron chi connectivity index (χ0n) is 13.0. The number of hydrogen-bond acceptors (Lipinski definition) is 7. The van der Waals surface area contributed by atoms with Crippen LogP contribution in [-0.4, -0.2) is 49.2 Å². The quantitative estimate of drug-likeness (QED) is 0.851. The minimum atomic E-state index is -0.371. The van der Waals surface area contributed by atoms with Crippen molar-refractivity contribution in [3.05, 3.63) is 42.2 Å². The molecule has 0 aliphatic carbocycles. The molecule has 7 heteroatoms. The van der Waals surface area contributed by atoms with Gasteiger partial charge in [0.25, 0.3) is 0 Å². The van der Waals surface area contributed by atoms with E-state index in [-0.39, 0.29) is 5.97 Å². The SMILES string of the molecule is COC(=O)c1ccc(N2CCN(c3ccc(N)nc3)CC2)nc1. The molecule has 1 aliphatic rings. The fourth-order valence-corrected chi connectivity index (χ4v) is 2.59. The maximum Gasteiger partial charge on any atom is 0.339 e. The first-order chi connectivity index (χ1) is 11.2. The molecule has 120 valence electrons. The number of anilines is 3. The second kappa shape index (κ2) is 6.51. The van der Waals surface area contributed by atoms with Gasteiger partial charge >= 0.3 is 5.97 Å². The van der Waals surface area contributed by atoms with Crippen LogP contribution < -0.4 is 15.5 Å². The Morgan fingerprint density at radius 2 is 1.78 bits per heavy atom. The third-order valence-corrected chi connectivity index (χ3v) is 3.91. The molecule has 0 spiro atoms. The van der Waals surface area contributed by atoms with Crippen LogP contribution in [0.4, 0.5) is 17.3 Å². The van der Waals surface area contributed by atoms with Crippen molar-refractivity contribution >= 4 is 23.3 Å². The highest BCUT2D eigenvalue weighted by molar-refractivity contribution is 5.89. The molecule has 2 aromatic rings. The summed E-state index contributed by atoms with van der Waals surface area (Å²) in [7, 11) is 1.36. The average Bonchev–Trinajstić information content (AvgIpc) is 2.62. The van der Waals surface area contributed by atoms with E-state index in [1.165, 1.54) is 7.11 Å². The van der Waals surface area contributed by atoms with Gasteiger partial charge in [-0.25, -0.2) is 14.8 Å². The number of hydrogen-bond donors (Lipinski definition) is 1. The second-order valence-corrected chi connectivity index (χ2v) is 5.31. The van der Waals surface area contributed by atoms with Crippen LogP contribution in [0.15, 0.2) is 36.7 Å². The number of pyridine rings is 2. The van der Waals surface area contributed by atoms with Crippen LogP contribution in [0.5, 0.6) is 0 Å². The molecular weight excluding hydrogens is 294 g/mol. The fraction of sp³-hybridized carbons (Fsp3) is 0.312. The third-order valence-electron chi connectivity index (χ3n) is 3.91. The molecule has 3 rings (SSSR count). The summed E-state index contributed by atoms with van der Waals surface area (Å²) in [6.07, 6.45) is 3.35. The molecule has 0 unspecified atom stereocenters. The molecule has 3 heterocycles. The van der Waals surface area contributed by atoms with Gasteiger partial charge in [0, 0.05) is 32.4 Å². The van der Waals surface area contributed by atoms with Crippen molar-refractivity contribution in [1.29, 1.82) is 0 Å². The highest BCUT2D eigenvalue weighted by atomic mass is 16.5. The molecule has 1 saturated heterocycles. The maximum atomic E-state index is 11.4. The van der Waals surface area contributed by atoms with Gasteiger partial charge in [-0.1, -0.05) is 0 Å². The topological polar surface area (TPSA) is 84.6 Å². The van der Waals surface area contributed by atoms with Crippen molar-refractivity contribution in [3.63, 3.8) is 0 Å². The summed E-state index contributed by atoms with van der Waals surface area (Å²) in [5.74, 6) is 1.03. The molecule has 0 radical (unpaired) electrons. The Morgan fingerprint density at radius 3 is 2.35 bits per heavy atom. The number of rotatable bonds is 3. The predicted molar refractivity (Wildman–Crippen MR) is 88.7 cm³/mol. The Balaban J connectivity index is 1.62. The van der Waals surface area contributed by atoms with Crippen LogP contribution in [-0.2, 0) is 4.74 Å². The lowest BCUT2D eigenvalue weighted by atomic mass is 10.2. The molecular formula is C16H19N5O2. The zero-order chi connectivity index (χ0) is 16.2. The summed E-state index contributed by atoms with van der Waals surface area (Å²) in [4.78, 5) is 24.4. The Kier molecular flexibility index (Phi) is 4.27. The molecule has 23 heavy (non-hydrogen) atoms. The lowest BCUT2D eigenvalue weighted by Gasteiger charge is -2.36. The van der Waals surface area contributed by atoms with Crippen LogP contribution in [0.2, 0.25) is 0 Å². The van der Waals surface area contributed by atoms with Crippen molar-refractivity contribution in [2.24, 2.45) is 0 Å². The summed E-state index contributed by atoms with van der Waals surface area (Å²) < 4.78 is 4.68. The summed E-state index contributed by atoms with van der Waals surface area (Å²) in [5, 5.41) is 0. The van der Waals surface area contributed by atoms with Gasteiger partial charge in [0.15, 0.2) is 0 Å². The number of carbonyl (C=O) groups is 1. The van der Waals surface area contributed by atoms with Crippen molar-refractivity contribution in [1.82, 2.24) is 9.97 Å². The van der Waals surface area contributed by atoms with Crippen LogP contribution in [0.1, 0.15) is 10.4 Å². The predicted octanol–water partition coefficient (Wildman–Crippen LogP) is 1.17. The monoisotopic (exact) mass is 313 g/mol. The lowest BCUT2D eigenvalue weighted by Crippen LogP contribution is -2.46. The van der Waals surface area contributed by atoms with Gasteiger partial charge in [-0.15, -0.1) is 0 Å². The molecule has 1 fully saturated rings. The molecule has 0 bridgehead atoms.